The summed E-state index contributed by atoms with van der Waals surface area (Å²) in [5.74, 6) is 1.28. The Kier molecular flexibility index (Phi) is 3.80. The summed E-state index contributed by atoms with van der Waals surface area (Å²) in [5.41, 5.74) is 8.78. The molecular weight excluding hydrogens is 240 g/mol. The van der Waals surface area contributed by atoms with Crippen LogP contribution in [0.5, 0.6) is 0 Å². The third-order valence-corrected chi connectivity index (χ3v) is 5.25. The van der Waals surface area contributed by atoms with E-state index in [0.717, 1.165) is 0 Å². The Balaban J connectivity index is 1.66. The van der Waals surface area contributed by atoms with Gasteiger partial charge < -0.3 is 11.1 Å². The third-order valence-electron chi connectivity index (χ3n) is 4.05. The predicted octanol–water partition coefficient (Wildman–Crippen LogP) is 3.41. The molecule has 0 aromatic heterocycles. The van der Waals surface area contributed by atoms with E-state index in [9.17, 15) is 0 Å². The van der Waals surface area contributed by atoms with Crippen molar-refractivity contribution in [3.05, 3.63) is 23.8 Å². The van der Waals surface area contributed by atoms with Gasteiger partial charge in [0.25, 0.3) is 0 Å². The Hall–Kier alpha value is -0.670. The zero-order chi connectivity index (χ0) is 12.4. The molecule has 1 aliphatic heterocycles. The summed E-state index contributed by atoms with van der Waals surface area (Å²) in [5, 5.41) is 3.69. The molecule has 0 saturated heterocycles. The van der Waals surface area contributed by atoms with Gasteiger partial charge in [-0.05, 0) is 68.0 Å². The molecule has 1 aromatic rings. The van der Waals surface area contributed by atoms with Gasteiger partial charge in [-0.3, -0.25) is 0 Å². The van der Waals surface area contributed by atoms with Crippen LogP contribution in [-0.4, -0.2) is 17.8 Å². The van der Waals surface area contributed by atoms with E-state index >= 15 is 0 Å². The first-order valence-electron chi connectivity index (χ1n) is 7.09. The van der Waals surface area contributed by atoms with Crippen molar-refractivity contribution < 1.29 is 0 Å². The highest BCUT2D eigenvalue weighted by Crippen LogP contribution is 2.32. The van der Waals surface area contributed by atoms with E-state index in [1.54, 1.807) is 0 Å². The molecule has 98 valence electrons. The number of anilines is 1. The molecule has 1 aliphatic carbocycles. The topological polar surface area (TPSA) is 38.0 Å². The van der Waals surface area contributed by atoms with Crippen LogP contribution in [-0.2, 0) is 6.42 Å². The smallest absolute Gasteiger partial charge is 0.0345 e. The molecule has 0 radical (unpaired) electrons. The van der Waals surface area contributed by atoms with Crippen LogP contribution < -0.4 is 11.1 Å². The molecular formula is C15H22N2S. The van der Waals surface area contributed by atoms with Crippen LogP contribution in [0.15, 0.2) is 23.1 Å². The van der Waals surface area contributed by atoms with Crippen LogP contribution in [0, 0.1) is 0 Å². The minimum atomic E-state index is 0.433. The lowest BCUT2D eigenvalue weighted by Gasteiger charge is -2.28. The SMILES string of the molecule is NC1CCC(Nc2ccc3c(c2)CCCS3)CC1. The van der Waals surface area contributed by atoms with E-state index in [2.05, 4.69) is 23.5 Å². The summed E-state index contributed by atoms with van der Waals surface area (Å²) < 4.78 is 0. The van der Waals surface area contributed by atoms with Crippen LogP contribution >= 0.6 is 11.8 Å². The van der Waals surface area contributed by atoms with Crippen LogP contribution in [0.4, 0.5) is 5.69 Å². The van der Waals surface area contributed by atoms with Gasteiger partial charge in [-0.1, -0.05) is 0 Å². The van der Waals surface area contributed by atoms with Crippen LogP contribution in [0.1, 0.15) is 37.7 Å². The van der Waals surface area contributed by atoms with Gasteiger partial charge in [0.05, 0.1) is 0 Å². The second kappa shape index (κ2) is 5.54. The van der Waals surface area contributed by atoms with Gasteiger partial charge in [-0.15, -0.1) is 11.8 Å². The molecule has 0 spiro atoms. The van der Waals surface area contributed by atoms with Crippen molar-refractivity contribution in [1.29, 1.82) is 0 Å². The van der Waals surface area contributed by atoms with Crippen LogP contribution in [0.25, 0.3) is 0 Å². The van der Waals surface area contributed by atoms with Gasteiger partial charge in [0.2, 0.25) is 0 Å². The molecule has 1 saturated carbocycles. The molecule has 2 aliphatic rings. The minimum Gasteiger partial charge on any atom is -0.382 e. The fourth-order valence-corrected chi connectivity index (χ4v) is 3.97. The molecule has 3 N–H and O–H groups in total. The van der Waals surface area contributed by atoms with Crippen molar-refractivity contribution in [2.24, 2.45) is 5.73 Å². The van der Waals surface area contributed by atoms with E-state index in [1.165, 1.54) is 60.4 Å². The standard InChI is InChI=1S/C15H22N2S/c16-12-3-5-13(6-4-12)17-14-7-8-15-11(10-14)2-1-9-18-15/h7-8,10,12-13,17H,1-6,9,16H2. The number of benzene rings is 1. The van der Waals surface area contributed by atoms with E-state index in [-0.39, 0.29) is 0 Å². The van der Waals surface area contributed by atoms with E-state index < -0.39 is 0 Å². The molecule has 0 amide bonds. The number of hydrogen-bond donors (Lipinski definition) is 2. The highest BCUT2D eigenvalue weighted by Gasteiger charge is 2.18. The van der Waals surface area contributed by atoms with Crippen molar-refractivity contribution in [3.63, 3.8) is 0 Å². The molecule has 1 heterocycles. The first-order valence-corrected chi connectivity index (χ1v) is 8.07. The zero-order valence-electron chi connectivity index (χ0n) is 10.8. The average Bonchev–Trinajstić information content (AvgIpc) is 2.41. The maximum Gasteiger partial charge on any atom is 0.0345 e. The largest absolute Gasteiger partial charge is 0.382 e. The maximum absolute atomic E-state index is 5.95. The quantitative estimate of drug-likeness (QED) is 0.858. The lowest BCUT2D eigenvalue weighted by Crippen LogP contribution is -2.32. The number of rotatable bonds is 2. The lowest BCUT2D eigenvalue weighted by atomic mass is 9.91. The second-order valence-electron chi connectivity index (χ2n) is 5.53. The minimum absolute atomic E-state index is 0.433. The summed E-state index contributed by atoms with van der Waals surface area (Å²) in [6.07, 6.45) is 7.32. The van der Waals surface area contributed by atoms with Gasteiger partial charge in [0.15, 0.2) is 0 Å². The highest BCUT2D eigenvalue weighted by atomic mass is 32.2. The molecule has 18 heavy (non-hydrogen) atoms. The van der Waals surface area contributed by atoms with Crippen molar-refractivity contribution in [3.8, 4) is 0 Å². The molecule has 3 heteroatoms. The second-order valence-corrected chi connectivity index (χ2v) is 6.67. The highest BCUT2D eigenvalue weighted by molar-refractivity contribution is 7.99. The Morgan fingerprint density at radius 2 is 2.00 bits per heavy atom. The average molecular weight is 262 g/mol. The lowest BCUT2D eigenvalue weighted by molar-refractivity contribution is 0.411. The van der Waals surface area contributed by atoms with E-state index in [0.29, 0.717) is 12.1 Å². The van der Waals surface area contributed by atoms with Gasteiger partial charge >= 0.3 is 0 Å². The predicted molar refractivity (Wildman–Crippen MR) is 79.3 cm³/mol. The normalized spacial score (nSPS) is 27.6. The molecule has 0 atom stereocenters. The molecule has 2 nitrogen and oxygen atoms in total. The van der Waals surface area contributed by atoms with Crippen molar-refractivity contribution in [2.75, 3.05) is 11.1 Å². The first-order chi connectivity index (χ1) is 8.81. The number of fused-ring (bicyclic) bond motifs is 1. The molecule has 1 aromatic carbocycles. The summed E-state index contributed by atoms with van der Waals surface area (Å²) in [7, 11) is 0. The Bertz CT molecular complexity index is 411. The molecule has 3 rings (SSSR count). The summed E-state index contributed by atoms with van der Waals surface area (Å²) >= 11 is 2.00. The zero-order valence-corrected chi connectivity index (χ0v) is 11.6. The Morgan fingerprint density at radius 3 is 2.83 bits per heavy atom. The number of aryl methyl sites for hydroxylation is 1. The summed E-state index contributed by atoms with van der Waals surface area (Å²) in [4.78, 5) is 1.48. The van der Waals surface area contributed by atoms with Crippen LogP contribution in [0.2, 0.25) is 0 Å². The third kappa shape index (κ3) is 2.83. The Morgan fingerprint density at radius 1 is 1.17 bits per heavy atom. The number of thioether (sulfide) groups is 1. The van der Waals surface area contributed by atoms with E-state index in [4.69, 9.17) is 5.73 Å². The number of hydrogen-bond acceptors (Lipinski definition) is 3. The van der Waals surface area contributed by atoms with E-state index in [1.807, 2.05) is 11.8 Å². The first kappa shape index (κ1) is 12.4. The maximum atomic E-state index is 5.95. The number of nitrogens with two attached hydrogens (primary N) is 1. The fraction of sp³-hybridized carbons (Fsp3) is 0.600. The number of nitrogens with one attached hydrogen (secondary N) is 1. The Labute approximate surface area is 114 Å². The fourth-order valence-electron chi connectivity index (χ4n) is 2.95. The molecule has 0 unspecified atom stereocenters. The molecule has 1 fully saturated rings. The monoisotopic (exact) mass is 262 g/mol. The van der Waals surface area contributed by atoms with Crippen molar-refractivity contribution >= 4 is 17.4 Å². The summed E-state index contributed by atoms with van der Waals surface area (Å²) in [6.45, 7) is 0. The molecule has 0 bridgehead atoms. The summed E-state index contributed by atoms with van der Waals surface area (Å²) in [6, 6.07) is 7.94. The van der Waals surface area contributed by atoms with Crippen molar-refractivity contribution in [2.45, 2.75) is 55.5 Å². The van der Waals surface area contributed by atoms with Gasteiger partial charge in [0.1, 0.15) is 0 Å². The van der Waals surface area contributed by atoms with Gasteiger partial charge in [-0.2, -0.15) is 0 Å². The van der Waals surface area contributed by atoms with Gasteiger partial charge in [0, 0.05) is 22.7 Å². The van der Waals surface area contributed by atoms with Gasteiger partial charge in [-0.25, -0.2) is 0 Å². The van der Waals surface area contributed by atoms with Crippen LogP contribution in [0.3, 0.4) is 0 Å². The van der Waals surface area contributed by atoms with Crippen molar-refractivity contribution in [1.82, 2.24) is 0 Å².